The van der Waals surface area contributed by atoms with Crippen LogP contribution < -0.4 is 0 Å². The highest BCUT2D eigenvalue weighted by molar-refractivity contribution is 7.86. The minimum absolute atomic E-state index is 0.124. The van der Waals surface area contributed by atoms with Gasteiger partial charge in [-0.3, -0.25) is 4.21 Å². The molecule has 0 spiro atoms. The van der Waals surface area contributed by atoms with E-state index in [1.165, 1.54) is 0 Å². The number of rotatable bonds is 0. The van der Waals surface area contributed by atoms with Gasteiger partial charge in [-0.25, -0.2) is 0 Å². The van der Waals surface area contributed by atoms with E-state index in [1.807, 2.05) is 0 Å². The molecule has 1 N–H and O–H groups in total. The molecule has 0 aromatic heterocycles. The van der Waals surface area contributed by atoms with Gasteiger partial charge in [0, 0.05) is 16.0 Å². The summed E-state index contributed by atoms with van der Waals surface area (Å²) in [6.07, 6.45) is 3.65. The lowest BCUT2D eigenvalue weighted by molar-refractivity contribution is 0.158. The van der Waals surface area contributed by atoms with E-state index in [2.05, 4.69) is 0 Å². The second-order valence-electron chi connectivity index (χ2n) is 3.21. The monoisotopic (exact) mass is 160 g/mol. The molecule has 4 unspecified atom stereocenters. The summed E-state index contributed by atoms with van der Waals surface area (Å²) in [5, 5.41) is 9.92. The first-order chi connectivity index (χ1) is 4.79. The van der Waals surface area contributed by atoms with E-state index in [9.17, 15) is 9.32 Å². The van der Waals surface area contributed by atoms with Gasteiger partial charge in [0.25, 0.3) is 0 Å². The molecule has 4 atom stereocenters. The van der Waals surface area contributed by atoms with Crippen LogP contribution in [0.25, 0.3) is 0 Å². The van der Waals surface area contributed by atoms with E-state index in [1.54, 1.807) is 0 Å². The van der Waals surface area contributed by atoms with Gasteiger partial charge < -0.3 is 5.11 Å². The number of fused-ring (bicyclic) bond motifs is 2. The Kier molecular flexibility index (Phi) is 1.57. The summed E-state index contributed by atoms with van der Waals surface area (Å²) < 4.78 is 11.3. The van der Waals surface area contributed by atoms with Crippen molar-refractivity contribution in [1.29, 1.82) is 0 Å². The fraction of sp³-hybridized carbons (Fsp3) is 1.00. The van der Waals surface area contributed by atoms with Gasteiger partial charge in [0.15, 0.2) is 0 Å². The van der Waals surface area contributed by atoms with Crippen molar-refractivity contribution < 1.29 is 9.32 Å². The second-order valence-corrected chi connectivity index (χ2v) is 5.14. The largest absolute Gasteiger partial charge is 0.392 e. The fourth-order valence-electron chi connectivity index (χ4n) is 1.98. The van der Waals surface area contributed by atoms with E-state index in [0.29, 0.717) is 5.25 Å². The summed E-state index contributed by atoms with van der Waals surface area (Å²) in [7, 11) is -0.699. The van der Waals surface area contributed by atoms with Crippen LogP contribution in [0.15, 0.2) is 0 Å². The summed E-state index contributed by atoms with van der Waals surface area (Å²) >= 11 is 0. The minimum Gasteiger partial charge on any atom is -0.392 e. The van der Waals surface area contributed by atoms with E-state index in [4.69, 9.17) is 0 Å². The van der Waals surface area contributed by atoms with Crippen LogP contribution in [-0.4, -0.2) is 25.9 Å². The zero-order valence-electron chi connectivity index (χ0n) is 5.82. The maximum Gasteiger partial charge on any atom is 0.0684 e. The Bertz CT molecular complexity index is 169. The summed E-state index contributed by atoms with van der Waals surface area (Å²) in [5.41, 5.74) is 0. The minimum atomic E-state index is -0.699. The van der Waals surface area contributed by atoms with Crippen LogP contribution in [0.4, 0.5) is 0 Å². The third-order valence-electron chi connectivity index (χ3n) is 2.61. The Morgan fingerprint density at radius 1 is 1.20 bits per heavy atom. The van der Waals surface area contributed by atoms with Crippen LogP contribution in [0, 0.1) is 0 Å². The normalized spacial score (nSPS) is 53.3. The van der Waals surface area contributed by atoms with Crippen molar-refractivity contribution in [2.75, 3.05) is 0 Å². The number of hydrogen-bond donors (Lipinski definition) is 1. The molecule has 2 fully saturated rings. The van der Waals surface area contributed by atoms with Crippen molar-refractivity contribution in [2.24, 2.45) is 0 Å². The maximum atomic E-state index is 11.3. The van der Waals surface area contributed by atoms with Gasteiger partial charge in [-0.05, 0) is 25.7 Å². The van der Waals surface area contributed by atoms with Crippen LogP contribution in [-0.2, 0) is 10.8 Å². The molecule has 10 heavy (non-hydrogen) atoms. The third-order valence-corrected chi connectivity index (χ3v) is 4.89. The van der Waals surface area contributed by atoms with Crippen LogP contribution in [0.2, 0.25) is 0 Å². The first kappa shape index (κ1) is 6.80. The molecule has 0 amide bonds. The molecule has 2 aliphatic rings. The van der Waals surface area contributed by atoms with Crippen molar-refractivity contribution in [1.82, 2.24) is 0 Å². The van der Waals surface area contributed by atoms with Gasteiger partial charge in [0.2, 0.25) is 0 Å². The zero-order valence-corrected chi connectivity index (χ0v) is 6.64. The highest BCUT2D eigenvalue weighted by atomic mass is 32.2. The first-order valence-corrected chi connectivity index (χ1v) is 5.14. The predicted molar refractivity (Wildman–Crippen MR) is 40.2 cm³/mol. The second kappa shape index (κ2) is 2.31. The molecule has 2 bridgehead atoms. The van der Waals surface area contributed by atoms with E-state index in [-0.39, 0.29) is 11.4 Å². The molecule has 2 rings (SSSR count). The van der Waals surface area contributed by atoms with Gasteiger partial charge in [0.05, 0.1) is 11.4 Å². The average Bonchev–Trinajstić information content (AvgIpc) is 2.13. The molecule has 2 aliphatic heterocycles. The Morgan fingerprint density at radius 2 is 1.90 bits per heavy atom. The van der Waals surface area contributed by atoms with E-state index in [0.717, 1.165) is 25.7 Å². The Hall–Kier alpha value is 0.110. The smallest absolute Gasteiger partial charge is 0.0684 e. The number of aliphatic hydroxyl groups is 1. The van der Waals surface area contributed by atoms with Gasteiger partial charge in [-0.15, -0.1) is 0 Å². The van der Waals surface area contributed by atoms with Gasteiger partial charge in [-0.1, -0.05) is 0 Å². The Labute approximate surface area is 63.1 Å². The van der Waals surface area contributed by atoms with Crippen molar-refractivity contribution in [2.45, 2.75) is 42.3 Å². The van der Waals surface area contributed by atoms with Crippen molar-refractivity contribution in [3.8, 4) is 0 Å². The van der Waals surface area contributed by atoms with Gasteiger partial charge in [0.1, 0.15) is 0 Å². The van der Waals surface area contributed by atoms with Crippen molar-refractivity contribution >= 4 is 10.8 Å². The van der Waals surface area contributed by atoms with Gasteiger partial charge in [-0.2, -0.15) is 0 Å². The molecule has 0 aliphatic carbocycles. The molecule has 58 valence electrons. The van der Waals surface area contributed by atoms with Crippen LogP contribution in [0.3, 0.4) is 0 Å². The number of hydrogen-bond acceptors (Lipinski definition) is 2. The SMILES string of the molecule is O=S1C2CCC(O)C1CC2. The maximum absolute atomic E-state index is 11.3. The molecule has 0 aromatic carbocycles. The summed E-state index contributed by atoms with van der Waals surface area (Å²) in [6, 6.07) is 0. The molecule has 0 radical (unpaired) electrons. The lowest BCUT2D eigenvalue weighted by Crippen LogP contribution is -2.34. The molecule has 0 saturated carbocycles. The van der Waals surface area contributed by atoms with Crippen molar-refractivity contribution in [3.63, 3.8) is 0 Å². The summed E-state index contributed by atoms with van der Waals surface area (Å²) in [6.45, 7) is 0. The molecule has 0 aromatic rings. The fourth-order valence-corrected chi connectivity index (χ4v) is 4.03. The molecular formula is C7H12O2S. The molecular weight excluding hydrogens is 148 g/mol. The lowest BCUT2D eigenvalue weighted by atomic mass is 10.1. The quantitative estimate of drug-likeness (QED) is 0.557. The number of aliphatic hydroxyl groups excluding tert-OH is 1. The molecule has 2 nitrogen and oxygen atoms in total. The predicted octanol–water partition coefficient (Wildman–Crippen LogP) is 0.421. The average molecular weight is 160 g/mol. The van der Waals surface area contributed by atoms with Crippen molar-refractivity contribution in [3.05, 3.63) is 0 Å². The standard InChI is InChI=1S/C7H12O2S/c8-6-3-1-5-2-4-7(6)10(5)9/h5-8H,1-4H2. The van der Waals surface area contributed by atoms with Crippen LogP contribution in [0.5, 0.6) is 0 Å². The Balaban J connectivity index is 2.20. The van der Waals surface area contributed by atoms with E-state index >= 15 is 0 Å². The summed E-state index contributed by atoms with van der Waals surface area (Å²) in [4.78, 5) is 0. The highest BCUT2D eigenvalue weighted by Crippen LogP contribution is 2.35. The van der Waals surface area contributed by atoms with Gasteiger partial charge >= 0.3 is 0 Å². The summed E-state index contributed by atoms with van der Waals surface area (Å²) in [5.74, 6) is 0. The first-order valence-electron chi connectivity index (χ1n) is 3.86. The van der Waals surface area contributed by atoms with Crippen LogP contribution in [0.1, 0.15) is 25.7 Å². The molecule has 2 saturated heterocycles. The van der Waals surface area contributed by atoms with E-state index < -0.39 is 10.8 Å². The zero-order chi connectivity index (χ0) is 7.14. The Morgan fingerprint density at radius 3 is 2.60 bits per heavy atom. The highest BCUT2D eigenvalue weighted by Gasteiger charge is 2.41. The molecule has 2 heterocycles. The topological polar surface area (TPSA) is 37.3 Å². The van der Waals surface area contributed by atoms with Crippen LogP contribution >= 0.6 is 0 Å². The molecule has 3 heteroatoms. The lowest BCUT2D eigenvalue weighted by Gasteiger charge is -2.23. The third kappa shape index (κ3) is 0.839.